The summed E-state index contributed by atoms with van der Waals surface area (Å²) in [7, 11) is 0. The quantitative estimate of drug-likeness (QED) is 0.875. The summed E-state index contributed by atoms with van der Waals surface area (Å²) in [5.41, 5.74) is 1.27. The van der Waals surface area contributed by atoms with Crippen LogP contribution in [0, 0.1) is 6.92 Å². The summed E-state index contributed by atoms with van der Waals surface area (Å²) >= 11 is 0. The van der Waals surface area contributed by atoms with Gasteiger partial charge < -0.3 is 15.3 Å². The molecule has 0 bridgehead atoms. The van der Waals surface area contributed by atoms with E-state index in [1.165, 1.54) is 0 Å². The van der Waals surface area contributed by atoms with Crippen molar-refractivity contribution in [3.8, 4) is 5.75 Å². The zero-order valence-electron chi connectivity index (χ0n) is 11.6. The van der Waals surface area contributed by atoms with Crippen LogP contribution < -0.4 is 5.32 Å². The lowest BCUT2D eigenvalue weighted by molar-refractivity contribution is 0.0661. The SMILES string of the molecule is CCN(C(=O)c1cccc(O)c1C)C1CCCNC1. The average molecular weight is 262 g/mol. The molecule has 4 nitrogen and oxygen atoms in total. The van der Waals surface area contributed by atoms with Gasteiger partial charge in [0.25, 0.3) is 5.91 Å². The first-order valence-corrected chi connectivity index (χ1v) is 6.95. The van der Waals surface area contributed by atoms with E-state index in [4.69, 9.17) is 0 Å². The number of hydrogen-bond acceptors (Lipinski definition) is 3. The van der Waals surface area contributed by atoms with Crippen LogP contribution in [0.1, 0.15) is 35.7 Å². The van der Waals surface area contributed by atoms with Gasteiger partial charge in [-0.3, -0.25) is 4.79 Å². The summed E-state index contributed by atoms with van der Waals surface area (Å²) in [6.45, 7) is 6.38. The van der Waals surface area contributed by atoms with E-state index in [-0.39, 0.29) is 17.7 Å². The Labute approximate surface area is 114 Å². The molecule has 1 aliphatic rings. The smallest absolute Gasteiger partial charge is 0.254 e. The van der Waals surface area contributed by atoms with Gasteiger partial charge in [0.1, 0.15) is 5.75 Å². The lowest BCUT2D eigenvalue weighted by Crippen LogP contribution is -2.48. The van der Waals surface area contributed by atoms with Gasteiger partial charge in [0.15, 0.2) is 0 Å². The van der Waals surface area contributed by atoms with E-state index >= 15 is 0 Å². The van der Waals surface area contributed by atoms with Crippen LogP contribution in [0.4, 0.5) is 0 Å². The number of likely N-dealkylation sites (N-methyl/N-ethyl adjacent to an activating group) is 1. The van der Waals surface area contributed by atoms with E-state index in [2.05, 4.69) is 5.32 Å². The van der Waals surface area contributed by atoms with E-state index in [0.29, 0.717) is 17.7 Å². The van der Waals surface area contributed by atoms with Gasteiger partial charge in [-0.1, -0.05) is 6.07 Å². The molecule has 0 aromatic heterocycles. The minimum Gasteiger partial charge on any atom is -0.508 e. The third kappa shape index (κ3) is 2.89. The van der Waals surface area contributed by atoms with Crippen molar-refractivity contribution in [1.29, 1.82) is 0 Å². The molecular weight excluding hydrogens is 240 g/mol. The second-order valence-corrected chi connectivity index (χ2v) is 5.04. The van der Waals surface area contributed by atoms with Gasteiger partial charge in [-0.25, -0.2) is 0 Å². The number of nitrogens with zero attached hydrogens (tertiary/aromatic N) is 1. The Morgan fingerprint density at radius 2 is 2.32 bits per heavy atom. The van der Waals surface area contributed by atoms with Crippen molar-refractivity contribution in [2.75, 3.05) is 19.6 Å². The molecule has 104 valence electrons. The summed E-state index contributed by atoms with van der Waals surface area (Å²) in [6, 6.07) is 5.39. The van der Waals surface area contributed by atoms with Gasteiger partial charge in [-0.15, -0.1) is 0 Å². The summed E-state index contributed by atoms with van der Waals surface area (Å²) in [4.78, 5) is 14.5. The van der Waals surface area contributed by atoms with E-state index < -0.39 is 0 Å². The van der Waals surface area contributed by atoms with Crippen molar-refractivity contribution in [1.82, 2.24) is 10.2 Å². The van der Waals surface area contributed by atoms with Crippen molar-refractivity contribution in [2.45, 2.75) is 32.7 Å². The standard InChI is InChI=1S/C15H22N2O2/c1-3-17(12-6-5-9-16-10-12)15(19)13-7-4-8-14(18)11(13)2/h4,7-8,12,16,18H,3,5-6,9-10H2,1-2H3. The molecule has 2 N–H and O–H groups in total. The van der Waals surface area contributed by atoms with E-state index in [9.17, 15) is 9.90 Å². The summed E-state index contributed by atoms with van der Waals surface area (Å²) in [6.07, 6.45) is 2.15. The molecule has 1 atom stereocenters. The first-order valence-electron chi connectivity index (χ1n) is 6.95. The Morgan fingerprint density at radius 1 is 1.53 bits per heavy atom. The number of phenolic OH excluding ortho intramolecular Hbond substituents is 1. The first kappa shape index (κ1) is 13.9. The molecule has 2 rings (SSSR count). The molecule has 1 aromatic rings. The number of piperidine rings is 1. The van der Waals surface area contributed by atoms with Crippen LogP contribution in [0.15, 0.2) is 18.2 Å². The molecule has 19 heavy (non-hydrogen) atoms. The van der Waals surface area contributed by atoms with Crippen LogP contribution in [0.5, 0.6) is 5.75 Å². The topological polar surface area (TPSA) is 52.6 Å². The number of hydrogen-bond donors (Lipinski definition) is 2. The van der Waals surface area contributed by atoms with Crippen molar-refractivity contribution >= 4 is 5.91 Å². The molecule has 1 fully saturated rings. The van der Waals surface area contributed by atoms with Crippen molar-refractivity contribution < 1.29 is 9.90 Å². The zero-order valence-corrected chi connectivity index (χ0v) is 11.6. The molecule has 0 saturated carbocycles. The predicted molar refractivity (Wildman–Crippen MR) is 75.4 cm³/mol. The van der Waals surface area contributed by atoms with Gasteiger partial charge in [0.05, 0.1) is 0 Å². The highest BCUT2D eigenvalue weighted by atomic mass is 16.3. The Bertz CT molecular complexity index is 453. The van der Waals surface area contributed by atoms with E-state index in [0.717, 1.165) is 25.9 Å². The Kier molecular flexibility index (Phi) is 4.43. The second kappa shape index (κ2) is 6.06. The van der Waals surface area contributed by atoms with E-state index in [1.807, 2.05) is 11.8 Å². The minimum absolute atomic E-state index is 0.0181. The highest BCUT2D eigenvalue weighted by Gasteiger charge is 2.26. The molecule has 0 radical (unpaired) electrons. The third-order valence-electron chi connectivity index (χ3n) is 3.85. The Hall–Kier alpha value is -1.55. The Morgan fingerprint density at radius 3 is 2.95 bits per heavy atom. The summed E-state index contributed by atoms with van der Waals surface area (Å²) in [5, 5.41) is 13.1. The van der Waals surface area contributed by atoms with Gasteiger partial charge in [0, 0.05) is 30.3 Å². The molecule has 1 unspecified atom stereocenters. The molecule has 1 heterocycles. The molecule has 1 aromatic carbocycles. The predicted octanol–water partition coefficient (Wildman–Crippen LogP) is 1.91. The second-order valence-electron chi connectivity index (χ2n) is 5.04. The fourth-order valence-electron chi connectivity index (χ4n) is 2.68. The number of rotatable bonds is 3. The molecule has 0 spiro atoms. The number of benzene rings is 1. The van der Waals surface area contributed by atoms with Crippen molar-refractivity contribution in [2.24, 2.45) is 0 Å². The maximum Gasteiger partial charge on any atom is 0.254 e. The van der Waals surface area contributed by atoms with Crippen LogP contribution in [-0.2, 0) is 0 Å². The van der Waals surface area contributed by atoms with Gasteiger partial charge in [-0.2, -0.15) is 0 Å². The maximum atomic E-state index is 12.6. The lowest BCUT2D eigenvalue weighted by Gasteiger charge is -2.34. The average Bonchev–Trinajstić information content (AvgIpc) is 2.44. The molecule has 1 amide bonds. The normalized spacial score (nSPS) is 19.2. The number of carbonyl (C=O) groups excluding carboxylic acids is 1. The number of carbonyl (C=O) groups is 1. The molecule has 1 aliphatic heterocycles. The number of nitrogens with one attached hydrogen (secondary N) is 1. The summed E-state index contributed by atoms with van der Waals surface area (Å²) in [5.74, 6) is 0.202. The van der Waals surface area contributed by atoms with Gasteiger partial charge in [0.2, 0.25) is 0 Å². The number of amides is 1. The zero-order chi connectivity index (χ0) is 13.8. The van der Waals surface area contributed by atoms with Gasteiger partial charge in [-0.05, 0) is 45.4 Å². The van der Waals surface area contributed by atoms with Crippen LogP contribution in [-0.4, -0.2) is 41.6 Å². The highest BCUT2D eigenvalue weighted by molar-refractivity contribution is 5.96. The van der Waals surface area contributed by atoms with Gasteiger partial charge >= 0.3 is 0 Å². The number of phenols is 1. The fraction of sp³-hybridized carbons (Fsp3) is 0.533. The molecule has 1 saturated heterocycles. The van der Waals surface area contributed by atoms with Crippen LogP contribution in [0.3, 0.4) is 0 Å². The van der Waals surface area contributed by atoms with Crippen molar-refractivity contribution in [3.63, 3.8) is 0 Å². The Balaban J connectivity index is 2.22. The lowest BCUT2D eigenvalue weighted by atomic mass is 10.0. The molecular formula is C15H22N2O2. The molecule has 0 aliphatic carbocycles. The molecule has 4 heteroatoms. The monoisotopic (exact) mass is 262 g/mol. The first-order chi connectivity index (χ1) is 9.15. The summed E-state index contributed by atoms with van der Waals surface area (Å²) < 4.78 is 0. The largest absolute Gasteiger partial charge is 0.508 e. The number of aromatic hydroxyl groups is 1. The highest BCUT2D eigenvalue weighted by Crippen LogP contribution is 2.22. The van der Waals surface area contributed by atoms with Crippen LogP contribution >= 0.6 is 0 Å². The van der Waals surface area contributed by atoms with Crippen LogP contribution in [0.25, 0.3) is 0 Å². The third-order valence-corrected chi connectivity index (χ3v) is 3.85. The fourth-order valence-corrected chi connectivity index (χ4v) is 2.68. The minimum atomic E-state index is 0.0181. The van der Waals surface area contributed by atoms with Crippen LogP contribution in [0.2, 0.25) is 0 Å². The maximum absolute atomic E-state index is 12.6. The van der Waals surface area contributed by atoms with E-state index in [1.54, 1.807) is 25.1 Å². The van der Waals surface area contributed by atoms with Crippen molar-refractivity contribution in [3.05, 3.63) is 29.3 Å².